The van der Waals surface area contributed by atoms with Gasteiger partial charge in [0.05, 0.1) is 17.2 Å². The van der Waals surface area contributed by atoms with Gasteiger partial charge >= 0.3 is 0 Å². The van der Waals surface area contributed by atoms with E-state index in [4.69, 9.17) is 4.74 Å². The predicted octanol–water partition coefficient (Wildman–Crippen LogP) is 1.74. The van der Waals surface area contributed by atoms with E-state index in [-0.39, 0.29) is 48.8 Å². The topological polar surface area (TPSA) is 119 Å². The molecule has 35 heavy (non-hydrogen) atoms. The summed E-state index contributed by atoms with van der Waals surface area (Å²) in [6.07, 6.45) is 3.14. The van der Waals surface area contributed by atoms with Crippen molar-refractivity contribution in [1.29, 1.82) is 0 Å². The van der Waals surface area contributed by atoms with Crippen molar-refractivity contribution in [3.63, 3.8) is 0 Å². The second-order valence-electron chi connectivity index (χ2n) is 8.23. The van der Waals surface area contributed by atoms with E-state index in [1.54, 1.807) is 18.2 Å². The van der Waals surface area contributed by atoms with E-state index in [9.17, 15) is 28.0 Å². The zero-order valence-electron chi connectivity index (χ0n) is 18.1. The highest BCUT2D eigenvalue weighted by Gasteiger charge is 2.30. The number of hydrogen-bond acceptors (Lipinski definition) is 6. The molecule has 2 N–H and O–H groups in total. The van der Waals surface area contributed by atoms with Gasteiger partial charge in [0.25, 0.3) is 17.4 Å². The number of rotatable bonds is 4. The molecule has 2 aliphatic rings. The number of aromatic nitrogens is 2. The molecule has 1 fully saturated rings. The number of piperidine rings is 1. The molecule has 0 bridgehead atoms. The first kappa shape index (κ1) is 22.4. The van der Waals surface area contributed by atoms with Crippen LogP contribution in [0.25, 0.3) is 16.8 Å². The average Bonchev–Trinajstić information content (AvgIpc) is 2.83. The number of halogens is 2. The molecule has 2 aliphatic heterocycles. The van der Waals surface area contributed by atoms with Crippen molar-refractivity contribution >= 4 is 34.6 Å². The van der Waals surface area contributed by atoms with Crippen LogP contribution in [0.3, 0.4) is 0 Å². The van der Waals surface area contributed by atoms with Crippen LogP contribution in [0.4, 0.5) is 8.78 Å². The van der Waals surface area contributed by atoms with E-state index in [2.05, 4.69) is 15.7 Å². The minimum atomic E-state index is -0.860. The summed E-state index contributed by atoms with van der Waals surface area (Å²) in [5.41, 5.74) is 0.566. The maximum Gasteiger partial charge on any atom is 0.275 e. The lowest BCUT2D eigenvalue weighted by atomic mass is 10.1. The van der Waals surface area contributed by atoms with E-state index in [1.165, 1.54) is 12.3 Å². The Kier molecular flexibility index (Phi) is 5.59. The van der Waals surface area contributed by atoms with Crippen LogP contribution in [-0.2, 0) is 20.9 Å². The smallest absolute Gasteiger partial charge is 0.275 e. The van der Waals surface area contributed by atoms with Crippen LogP contribution in [0.5, 0.6) is 5.75 Å². The Morgan fingerprint density at radius 2 is 2.03 bits per heavy atom. The van der Waals surface area contributed by atoms with Crippen LogP contribution < -0.4 is 20.9 Å². The molecule has 11 heteroatoms. The summed E-state index contributed by atoms with van der Waals surface area (Å²) in [6, 6.07) is 5.86. The summed E-state index contributed by atoms with van der Waals surface area (Å²) in [6.45, 7) is -0.0460. The van der Waals surface area contributed by atoms with Gasteiger partial charge in [0.2, 0.25) is 5.91 Å². The summed E-state index contributed by atoms with van der Waals surface area (Å²) >= 11 is 0. The molecule has 0 aliphatic carbocycles. The Morgan fingerprint density at radius 3 is 2.83 bits per heavy atom. The summed E-state index contributed by atoms with van der Waals surface area (Å²) in [7, 11) is 0. The summed E-state index contributed by atoms with van der Waals surface area (Å²) in [4.78, 5) is 48.9. The molecule has 0 saturated carbocycles. The fraction of sp³-hybridized carbons (Fsp3) is 0.208. The summed E-state index contributed by atoms with van der Waals surface area (Å²) in [5, 5.41) is 9.89. The van der Waals surface area contributed by atoms with Crippen LogP contribution in [-0.4, -0.2) is 34.1 Å². The van der Waals surface area contributed by atoms with E-state index >= 15 is 0 Å². The molecule has 9 nitrogen and oxygen atoms in total. The lowest BCUT2D eigenvalue weighted by Crippen LogP contribution is -2.45. The van der Waals surface area contributed by atoms with Gasteiger partial charge in [-0.25, -0.2) is 13.5 Å². The Morgan fingerprint density at radius 1 is 1.20 bits per heavy atom. The van der Waals surface area contributed by atoms with Crippen LogP contribution in [0.1, 0.15) is 30.0 Å². The third-order valence-electron chi connectivity index (χ3n) is 5.86. The molecule has 5 rings (SSSR count). The van der Waals surface area contributed by atoms with Gasteiger partial charge in [0.15, 0.2) is 11.6 Å². The van der Waals surface area contributed by atoms with Crippen molar-refractivity contribution in [2.75, 3.05) is 6.61 Å². The highest BCUT2D eigenvalue weighted by Crippen LogP contribution is 2.30. The number of hydrogen-bond donors (Lipinski definition) is 2. The summed E-state index contributed by atoms with van der Waals surface area (Å²) in [5.74, 6) is -3.13. The zero-order chi connectivity index (χ0) is 24.7. The molecule has 178 valence electrons. The second-order valence-corrected chi connectivity index (χ2v) is 8.23. The number of imide groups is 1. The Labute approximate surface area is 196 Å². The van der Waals surface area contributed by atoms with Crippen molar-refractivity contribution in [2.24, 2.45) is 0 Å². The Balaban J connectivity index is 1.32. The first-order valence-electron chi connectivity index (χ1n) is 10.7. The number of amides is 3. The number of fused-ring (bicyclic) bond motifs is 2. The number of benzene rings is 2. The normalized spacial score (nSPS) is 17.3. The standard InChI is InChI=1S/C24H18F2N4O5/c25-16-7-13-6-15(11-35-21(13)18(26)8-16)22(32)27-9-12-1-2-17-14(5-12)10-28-30(24(17)34)19-3-4-20(31)29-23(19)33/h1-2,5-8,10,19H,3-4,9,11H2,(H,27,32)(H,29,31,33). The molecule has 3 aromatic rings. The van der Waals surface area contributed by atoms with Crippen molar-refractivity contribution in [1.82, 2.24) is 20.4 Å². The average molecular weight is 480 g/mol. The van der Waals surface area contributed by atoms with Crippen molar-refractivity contribution in [3.8, 4) is 5.75 Å². The first-order chi connectivity index (χ1) is 16.8. The molecule has 3 amide bonds. The van der Waals surface area contributed by atoms with Gasteiger partial charge in [-0.15, -0.1) is 0 Å². The van der Waals surface area contributed by atoms with E-state index < -0.39 is 35.0 Å². The predicted molar refractivity (Wildman–Crippen MR) is 119 cm³/mol. The Hall–Kier alpha value is -4.41. The molecule has 1 saturated heterocycles. The van der Waals surface area contributed by atoms with E-state index in [0.717, 1.165) is 10.7 Å². The molecule has 3 heterocycles. The van der Waals surface area contributed by atoms with E-state index in [1.807, 2.05) is 0 Å². The van der Waals surface area contributed by atoms with Gasteiger partial charge < -0.3 is 10.1 Å². The van der Waals surface area contributed by atoms with Crippen LogP contribution in [0, 0.1) is 11.6 Å². The molecule has 0 radical (unpaired) electrons. The van der Waals surface area contributed by atoms with Crippen LogP contribution in [0.2, 0.25) is 0 Å². The fourth-order valence-electron chi connectivity index (χ4n) is 4.11. The van der Waals surface area contributed by atoms with Crippen LogP contribution in [0.15, 0.2) is 46.9 Å². The van der Waals surface area contributed by atoms with Crippen LogP contribution >= 0.6 is 0 Å². The molecular weight excluding hydrogens is 462 g/mol. The third kappa shape index (κ3) is 4.27. The van der Waals surface area contributed by atoms with Crippen molar-refractivity contribution < 1.29 is 27.9 Å². The number of carbonyl (C=O) groups is 3. The monoisotopic (exact) mass is 480 g/mol. The molecule has 2 aromatic carbocycles. The zero-order valence-corrected chi connectivity index (χ0v) is 18.1. The van der Waals surface area contributed by atoms with E-state index in [0.29, 0.717) is 22.4 Å². The number of nitrogens with zero attached hydrogens (tertiary/aromatic N) is 2. The minimum absolute atomic E-state index is 0.104. The minimum Gasteiger partial charge on any atom is -0.485 e. The maximum absolute atomic E-state index is 13.8. The summed E-state index contributed by atoms with van der Waals surface area (Å²) < 4.78 is 33.6. The largest absolute Gasteiger partial charge is 0.485 e. The molecule has 1 unspecified atom stereocenters. The quantitative estimate of drug-likeness (QED) is 0.549. The highest BCUT2D eigenvalue weighted by molar-refractivity contribution is 6.00. The lowest BCUT2D eigenvalue weighted by molar-refractivity contribution is -0.136. The van der Waals surface area contributed by atoms with Gasteiger partial charge in [-0.2, -0.15) is 5.10 Å². The maximum atomic E-state index is 13.8. The Bertz CT molecular complexity index is 1500. The molecular formula is C24H18F2N4O5. The SMILES string of the molecule is O=C1CCC(n2ncc3cc(CNC(=O)C4=Cc5cc(F)cc(F)c5OC4)ccc3c2=O)C(=O)N1. The molecule has 1 atom stereocenters. The van der Waals surface area contributed by atoms with Gasteiger partial charge in [-0.1, -0.05) is 6.07 Å². The molecule has 1 aromatic heterocycles. The number of nitrogens with one attached hydrogen (secondary N) is 2. The lowest BCUT2D eigenvalue weighted by Gasteiger charge is -2.21. The van der Waals surface area contributed by atoms with Crippen molar-refractivity contribution in [2.45, 2.75) is 25.4 Å². The fourth-order valence-corrected chi connectivity index (χ4v) is 4.11. The van der Waals surface area contributed by atoms with Crippen molar-refractivity contribution in [3.05, 3.63) is 75.2 Å². The van der Waals surface area contributed by atoms with Gasteiger partial charge in [0.1, 0.15) is 18.5 Å². The number of ether oxygens (including phenoxy) is 1. The van der Waals surface area contributed by atoms with Gasteiger partial charge in [-0.05, 0) is 36.3 Å². The first-order valence-corrected chi connectivity index (χ1v) is 10.7. The molecule has 0 spiro atoms. The second kappa shape index (κ2) is 8.75. The van der Waals surface area contributed by atoms with Gasteiger partial charge in [-0.3, -0.25) is 24.5 Å². The number of carbonyl (C=O) groups excluding carboxylic acids is 3. The van der Waals surface area contributed by atoms with Gasteiger partial charge in [0, 0.05) is 30.0 Å². The third-order valence-corrected chi connectivity index (χ3v) is 5.86. The highest BCUT2D eigenvalue weighted by atomic mass is 19.1.